The van der Waals surface area contributed by atoms with Crippen molar-refractivity contribution in [3.63, 3.8) is 0 Å². The lowest BCUT2D eigenvalue weighted by atomic mass is 10.0. The van der Waals surface area contributed by atoms with E-state index in [-0.39, 0.29) is 11.9 Å². The lowest BCUT2D eigenvalue weighted by Crippen LogP contribution is -2.48. The van der Waals surface area contributed by atoms with Crippen LogP contribution in [0.25, 0.3) is 15.9 Å². The van der Waals surface area contributed by atoms with Gasteiger partial charge in [-0.15, -0.1) is 11.3 Å². The molecule has 0 aliphatic carbocycles. The number of hydrogen-bond acceptors (Lipinski definition) is 5. The summed E-state index contributed by atoms with van der Waals surface area (Å²) < 4.78 is 8.09. The molecule has 1 N–H and O–H groups in total. The Morgan fingerprint density at radius 3 is 2.82 bits per heavy atom. The highest BCUT2D eigenvalue weighted by Gasteiger charge is 2.22. The van der Waals surface area contributed by atoms with E-state index in [9.17, 15) is 4.79 Å². The van der Waals surface area contributed by atoms with Gasteiger partial charge in [0.05, 0.1) is 35.2 Å². The minimum atomic E-state index is -0.142. The molecule has 0 bridgehead atoms. The number of nitrogens with one attached hydrogen (secondary N) is 1. The van der Waals surface area contributed by atoms with Crippen molar-refractivity contribution in [2.45, 2.75) is 12.5 Å². The number of carbonyl (C=O) groups excluding carboxylic acids is 1. The second kappa shape index (κ2) is 7.18. The molecule has 1 aliphatic rings. The number of benzene rings is 1. The Morgan fingerprint density at radius 2 is 2.11 bits per heavy atom. The van der Waals surface area contributed by atoms with Crippen LogP contribution in [-0.4, -0.2) is 39.9 Å². The molecule has 7 heteroatoms. The van der Waals surface area contributed by atoms with Gasteiger partial charge in [-0.2, -0.15) is 5.10 Å². The molecular weight excluding hydrogens is 372 g/mol. The summed E-state index contributed by atoms with van der Waals surface area (Å²) >= 11 is 1.66. The van der Waals surface area contributed by atoms with Gasteiger partial charge in [-0.05, 0) is 53.3 Å². The van der Waals surface area contributed by atoms with Crippen LogP contribution in [0.2, 0.25) is 0 Å². The summed E-state index contributed by atoms with van der Waals surface area (Å²) in [5, 5.41) is 9.25. The summed E-state index contributed by atoms with van der Waals surface area (Å²) in [6.07, 6.45) is 4.43. The molecule has 0 radical (unpaired) electrons. The number of rotatable bonds is 5. The number of ether oxygens (including phenoxy) is 1. The average Bonchev–Trinajstić information content (AvgIpc) is 3.37. The highest BCUT2D eigenvalue weighted by Crippen LogP contribution is 2.27. The Hall–Kier alpha value is -3.03. The quantitative estimate of drug-likeness (QED) is 0.568. The first-order chi connectivity index (χ1) is 13.8. The van der Waals surface area contributed by atoms with Gasteiger partial charge in [0.25, 0.3) is 5.91 Å². The van der Waals surface area contributed by atoms with E-state index >= 15 is 0 Å². The number of pyridine rings is 1. The van der Waals surface area contributed by atoms with Crippen LogP contribution in [0.15, 0.2) is 60.2 Å². The zero-order valence-corrected chi connectivity index (χ0v) is 15.9. The fraction of sp³-hybridized carbons (Fsp3) is 0.190. The molecule has 1 saturated heterocycles. The molecule has 0 unspecified atom stereocenters. The highest BCUT2D eigenvalue weighted by atomic mass is 32.1. The van der Waals surface area contributed by atoms with E-state index in [1.165, 1.54) is 5.56 Å². The van der Waals surface area contributed by atoms with Gasteiger partial charge in [0.2, 0.25) is 0 Å². The topological polar surface area (TPSA) is 69.0 Å². The Balaban J connectivity index is 1.42. The van der Waals surface area contributed by atoms with E-state index in [1.54, 1.807) is 17.5 Å². The smallest absolute Gasteiger partial charge is 0.270 e. The molecule has 5 rings (SSSR count). The number of nitrogens with zero attached hydrogens (tertiary/aromatic N) is 3. The largest absolute Gasteiger partial charge is 0.377 e. The maximum absolute atomic E-state index is 12.6. The zero-order chi connectivity index (χ0) is 18.9. The molecule has 4 aromatic rings. The number of aromatic nitrogens is 3. The molecule has 4 heterocycles. The maximum atomic E-state index is 12.6. The first-order valence-corrected chi connectivity index (χ1v) is 9.99. The third-order valence-corrected chi connectivity index (χ3v) is 5.77. The molecule has 0 atom stereocenters. The van der Waals surface area contributed by atoms with Crippen LogP contribution >= 0.6 is 11.3 Å². The normalized spacial score (nSPS) is 14.1. The van der Waals surface area contributed by atoms with Gasteiger partial charge in [-0.3, -0.25) is 4.79 Å². The molecular formula is C21H18N4O2S. The average molecular weight is 390 g/mol. The lowest BCUT2D eigenvalue weighted by molar-refractivity contribution is -0.00354. The van der Waals surface area contributed by atoms with Crippen molar-refractivity contribution >= 4 is 27.5 Å². The lowest BCUT2D eigenvalue weighted by Gasteiger charge is -2.26. The Morgan fingerprint density at radius 1 is 1.25 bits per heavy atom. The standard InChI is InChI=1S/C21H18N4O2S/c26-21(23-16-12-27-13-16)19-11-15(20-18(24-19)6-9-28-20)10-14-2-4-17(5-3-14)25-8-1-7-22-25/h1-9,11,16H,10,12-13H2,(H,23,26). The first kappa shape index (κ1) is 17.1. The third kappa shape index (κ3) is 3.30. The molecule has 140 valence electrons. The molecule has 1 fully saturated rings. The van der Waals surface area contributed by atoms with Crippen molar-refractivity contribution in [1.82, 2.24) is 20.1 Å². The predicted octanol–water partition coefficient (Wildman–Crippen LogP) is 3.20. The minimum absolute atomic E-state index is 0.0887. The predicted molar refractivity (Wildman–Crippen MR) is 108 cm³/mol. The van der Waals surface area contributed by atoms with Gasteiger partial charge < -0.3 is 10.1 Å². The van der Waals surface area contributed by atoms with Crippen molar-refractivity contribution in [2.75, 3.05) is 13.2 Å². The summed E-state index contributed by atoms with van der Waals surface area (Å²) in [6.45, 7) is 1.14. The molecule has 1 aliphatic heterocycles. The molecule has 0 saturated carbocycles. The van der Waals surface area contributed by atoms with Crippen LogP contribution in [0, 0.1) is 0 Å². The molecule has 1 aromatic carbocycles. The second-order valence-corrected chi connectivity index (χ2v) is 7.72. The van der Waals surface area contributed by atoms with Crippen LogP contribution in [-0.2, 0) is 11.2 Å². The fourth-order valence-electron chi connectivity index (χ4n) is 3.26. The van der Waals surface area contributed by atoms with Crippen molar-refractivity contribution in [3.8, 4) is 5.69 Å². The Labute approximate surface area is 165 Å². The van der Waals surface area contributed by atoms with Crippen molar-refractivity contribution in [1.29, 1.82) is 0 Å². The summed E-state index contributed by atoms with van der Waals surface area (Å²) in [4.78, 5) is 17.1. The Bertz CT molecular complexity index is 1120. The molecule has 3 aromatic heterocycles. The second-order valence-electron chi connectivity index (χ2n) is 6.80. The number of fused-ring (bicyclic) bond motifs is 1. The summed E-state index contributed by atoms with van der Waals surface area (Å²) in [5.74, 6) is -0.142. The monoisotopic (exact) mass is 390 g/mol. The summed E-state index contributed by atoms with van der Waals surface area (Å²) in [6, 6.07) is 14.2. The van der Waals surface area contributed by atoms with Crippen molar-refractivity contribution < 1.29 is 9.53 Å². The molecule has 1 amide bonds. The Kier molecular flexibility index (Phi) is 4.38. The van der Waals surface area contributed by atoms with Crippen LogP contribution in [0.4, 0.5) is 0 Å². The van der Waals surface area contributed by atoms with E-state index < -0.39 is 0 Å². The van der Waals surface area contributed by atoms with Crippen LogP contribution < -0.4 is 5.32 Å². The van der Waals surface area contributed by atoms with Gasteiger partial charge in [-0.1, -0.05) is 12.1 Å². The van der Waals surface area contributed by atoms with Crippen molar-refractivity contribution in [2.24, 2.45) is 0 Å². The first-order valence-electron chi connectivity index (χ1n) is 9.11. The fourth-order valence-corrected chi connectivity index (χ4v) is 4.11. The number of carbonyl (C=O) groups is 1. The van der Waals surface area contributed by atoms with Gasteiger partial charge in [0.1, 0.15) is 5.69 Å². The van der Waals surface area contributed by atoms with E-state index in [4.69, 9.17) is 4.74 Å². The van der Waals surface area contributed by atoms with E-state index in [0.717, 1.165) is 27.9 Å². The molecule has 6 nitrogen and oxygen atoms in total. The van der Waals surface area contributed by atoms with Crippen LogP contribution in [0.5, 0.6) is 0 Å². The van der Waals surface area contributed by atoms with E-state index in [0.29, 0.717) is 18.9 Å². The maximum Gasteiger partial charge on any atom is 0.270 e. The summed E-state index contributed by atoms with van der Waals surface area (Å²) in [7, 11) is 0. The number of thiophene rings is 1. The summed E-state index contributed by atoms with van der Waals surface area (Å²) in [5.41, 5.74) is 4.64. The van der Waals surface area contributed by atoms with E-state index in [2.05, 4.69) is 39.7 Å². The molecule has 28 heavy (non-hydrogen) atoms. The van der Waals surface area contributed by atoms with Gasteiger partial charge in [-0.25, -0.2) is 9.67 Å². The number of amides is 1. The van der Waals surface area contributed by atoms with Gasteiger partial charge >= 0.3 is 0 Å². The van der Waals surface area contributed by atoms with Crippen LogP contribution in [0.3, 0.4) is 0 Å². The SMILES string of the molecule is O=C(NC1COC1)c1cc(Cc2ccc(-n3cccn3)cc2)c2sccc2n1. The van der Waals surface area contributed by atoms with Gasteiger partial charge in [0.15, 0.2) is 0 Å². The zero-order valence-electron chi connectivity index (χ0n) is 15.0. The van der Waals surface area contributed by atoms with Gasteiger partial charge in [0, 0.05) is 12.4 Å². The third-order valence-electron chi connectivity index (χ3n) is 4.79. The number of hydrogen-bond donors (Lipinski definition) is 1. The molecule has 0 spiro atoms. The highest BCUT2D eigenvalue weighted by molar-refractivity contribution is 7.17. The van der Waals surface area contributed by atoms with E-state index in [1.807, 2.05) is 34.5 Å². The minimum Gasteiger partial charge on any atom is -0.377 e. The van der Waals surface area contributed by atoms with Crippen LogP contribution in [0.1, 0.15) is 21.6 Å². The van der Waals surface area contributed by atoms with Crippen molar-refractivity contribution in [3.05, 3.63) is 77.1 Å².